The Bertz CT molecular complexity index is 980. The lowest BCUT2D eigenvalue weighted by atomic mass is 10.3. The van der Waals surface area contributed by atoms with Gasteiger partial charge in [0.1, 0.15) is 5.52 Å². The lowest BCUT2D eigenvalue weighted by Crippen LogP contribution is -2.13. The molecule has 2 aromatic carbocycles. The van der Waals surface area contributed by atoms with Crippen LogP contribution < -0.4 is 5.32 Å². The van der Waals surface area contributed by atoms with Crippen LogP contribution in [0.4, 0.5) is 11.4 Å². The molecule has 1 fully saturated rings. The first-order valence-corrected chi connectivity index (χ1v) is 9.14. The number of nitro benzene ring substituents is 1. The molecule has 0 spiro atoms. The second-order valence-electron chi connectivity index (χ2n) is 6.10. The van der Waals surface area contributed by atoms with Crippen LogP contribution in [0.3, 0.4) is 0 Å². The molecule has 0 aliphatic heterocycles. The molecule has 8 heteroatoms. The van der Waals surface area contributed by atoms with Gasteiger partial charge in [0.25, 0.3) is 5.69 Å². The van der Waals surface area contributed by atoms with Crippen molar-refractivity contribution in [3.8, 4) is 0 Å². The maximum Gasteiger partial charge on any atom is 0.269 e. The summed E-state index contributed by atoms with van der Waals surface area (Å²) < 4.78 is 5.71. The summed E-state index contributed by atoms with van der Waals surface area (Å²) in [5.74, 6) is 1.27. The standard InChI is InChI=1S/C18H15N3O4S/c22-17(10-26-14-6-4-13(5-7-14)21(23)24)19-12-3-8-16-15(9-12)20-18(25-16)11-1-2-11/h3-9,11H,1-2,10H2,(H,19,22). The highest BCUT2D eigenvalue weighted by molar-refractivity contribution is 8.00. The number of anilines is 1. The number of nitrogens with one attached hydrogen (secondary N) is 1. The third kappa shape index (κ3) is 3.70. The van der Waals surface area contributed by atoms with Crippen molar-refractivity contribution in [2.75, 3.05) is 11.1 Å². The lowest BCUT2D eigenvalue weighted by Gasteiger charge is -2.05. The maximum atomic E-state index is 12.1. The van der Waals surface area contributed by atoms with Gasteiger partial charge in [0.05, 0.1) is 10.7 Å². The Morgan fingerprint density at radius 3 is 2.73 bits per heavy atom. The van der Waals surface area contributed by atoms with E-state index in [0.717, 1.165) is 34.7 Å². The number of carbonyl (C=O) groups is 1. The van der Waals surface area contributed by atoms with Crippen LogP contribution in [0.2, 0.25) is 0 Å². The highest BCUT2D eigenvalue weighted by Gasteiger charge is 2.28. The highest BCUT2D eigenvalue weighted by Crippen LogP contribution is 2.40. The molecule has 132 valence electrons. The van der Waals surface area contributed by atoms with E-state index in [1.165, 1.54) is 23.9 Å². The minimum atomic E-state index is -0.449. The van der Waals surface area contributed by atoms with E-state index in [0.29, 0.717) is 11.6 Å². The van der Waals surface area contributed by atoms with E-state index in [2.05, 4.69) is 10.3 Å². The van der Waals surface area contributed by atoms with Gasteiger partial charge in [-0.15, -0.1) is 11.8 Å². The maximum absolute atomic E-state index is 12.1. The number of benzene rings is 2. The zero-order valence-electron chi connectivity index (χ0n) is 13.7. The van der Waals surface area contributed by atoms with Gasteiger partial charge in [-0.2, -0.15) is 0 Å². The first-order chi connectivity index (χ1) is 12.6. The van der Waals surface area contributed by atoms with Crippen LogP contribution >= 0.6 is 11.8 Å². The third-order valence-corrected chi connectivity index (χ3v) is 5.04. The molecule has 0 unspecified atom stereocenters. The van der Waals surface area contributed by atoms with Gasteiger partial charge in [-0.3, -0.25) is 14.9 Å². The van der Waals surface area contributed by atoms with E-state index in [1.807, 2.05) is 6.07 Å². The molecule has 0 atom stereocenters. The number of nitrogens with zero attached hydrogens (tertiary/aromatic N) is 2. The van der Waals surface area contributed by atoms with E-state index >= 15 is 0 Å². The second kappa shape index (κ2) is 6.80. The summed E-state index contributed by atoms with van der Waals surface area (Å²) in [5.41, 5.74) is 2.17. The SMILES string of the molecule is O=C(CSc1ccc([N+](=O)[O-])cc1)Nc1ccc2oc(C3CC3)nc2c1. The Hall–Kier alpha value is -2.87. The number of hydrogen-bond acceptors (Lipinski definition) is 6. The number of carbonyl (C=O) groups excluding carboxylic acids is 1. The Morgan fingerprint density at radius 2 is 2.04 bits per heavy atom. The normalized spacial score (nSPS) is 13.7. The van der Waals surface area contributed by atoms with Crippen molar-refractivity contribution in [1.29, 1.82) is 0 Å². The molecular formula is C18H15N3O4S. The summed E-state index contributed by atoms with van der Waals surface area (Å²) in [6.07, 6.45) is 2.24. The van der Waals surface area contributed by atoms with Crippen molar-refractivity contribution in [3.05, 3.63) is 58.5 Å². The van der Waals surface area contributed by atoms with E-state index in [9.17, 15) is 14.9 Å². The molecule has 1 aliphatic rings. The second-order valence-corrected chi connectivity index (χ2v) is 7.15. The number of aromatic nitrogens is 1. The van der Waals surface area contributed by atoms with Crippen molar-refractivity contribution in [1.82, 2.24) is 4.98 Å². The first-order valence-electron chi connectivity index (χ1n) is 8.16. The average Bonchev–Trinajstić information content (AvgIpc) is 3.40. The largest absolute Gasteiger partial charge is 0.440 e. The fourth-order valence-electron chi connectivity index (χ4n) is 2.54. The molecule has 3 aromatic rings. The fourth-order valence-corrected chi connectivity index (χ4v) is 3.24. The molecule has 1 saturated carbocycles. The van der Waals surface area contributed by atoms with Crippen LogP contribution in [0, 0.1) is 10.1 Å². The van der Waals surface area contributed by atoms with E-state index in [1.54, 1.807) is 24.3 Å². The smallest absolute Gasteiger partial charge is 0.269 e. The molecule has 1 heterocycles. The van der Waals surface area contributed by atoms with Gasteiger partial charge in [-0.1, -0.05) is 0 Å². The van der Waals surface area contributed by atoms with Gasteiger partial charge in [0, 0.05) is 28.6 Å². The van der Waals surface area contributed by atoms with Crippen LogP contribution in [0.5, 0.6) is 0 Å². The number of rotatable bonds is 6. The van der Waals surface area contributed by atoms with E-state index in [-0.39, 0.29) is 17.3 Å². The van der Waals surface area contributed by atoms with Crippen molar-refractivity contribution >= 4 is 40.1 Å². The molecule has 1 aliphatic carbocycles. The number of thioether (sulfide) groups is 1. The van der Waals surface area contributed by atoms with Gasteiger partial charge in [-0.05, 0) is 43.2 Å². The van der Waals surface area contributed by atoms with E-state index in [4.69, 9.17) is 4.42 Å². The van der Waals surface area contributed by atoms with Crippen LogP contribution in [-0.2, 0) is 4.79 Å². The van der Waals surface area contributed by atoms with Crippen molar-refractivity contribution in [3.63, 3.8) is 0 Å². The highest BCUT2D eigenvalue weighted by atomic mass is 32.2. The van der Waals surface area contributed by atoms with Gasteiger partial charge in [0.15, 0.2) is 11.5 Å². The zero-order chi connectivity index (χ0) is 18.1. The molecular weight excluding hydrogens is 354 g/mol. The molecule has 0 saturated heterocycles. The average molecular weight is 369 g/mol. The summed E-state index contributed by atoms with van der Waals surface area (Å²) in [7, 11) is 0. The molecule has 0 radical (unpaired) electrons. The van der Waals surface area contributed by atoms with Crippen LogP contribution in [0.15, 0.2) is 51.8 Å². The summed E-state index contributed by atoms with van der Waals surface area (Å²) in [5, 5.41) is 13.5. The molecule has 26 heavy (non-hydrogen) atoms. The van der Waals surface area contributed by atoms with Crippen LogP contribution in [0.1, 0.15) is 24.7 Å². The summed E-state index contributed by atoms with van der Waals surface area (Å²) in [6, 6.07) is 11.5. The summed E-state index contributed by atoms with van der Waals surface area (Å²) in [6.45, 7) is 0. The predicted octanol–water partition coefficient (Wildman–Crippen LogP) is 4.34. The molecule has 1 amide bonds. The van der Waals surface area contributed by atoms with Crippen molar-refractivity contribution < 1.29 is 14.1 Å². The third-order valence-electron chi connectivity index (χ3n) is 4.03. The van der Waals surface area contributed by atoms with Gasteiger partial charge >= 0.3 is 0 Å². The van der Waals surface area contributed by atoms with Gasteiger partial charge < -0.3 is 9.73 Å². The topological polar surface area (TPSA) is 98.3 Å². The van der Waals surface area contributed by atoms with Gasteiger partial charge in [0.2, 0.25) is 5.91 Å². The lowest BCUT2D eigenvalue weighted by molar-refractivity contribution is -0.384. The number of nitro groups is 1. The van der Waals surface area contributed by atoms with E-state index < -0.39 is 4.92 Å². The Balaban J connectivity index is 1.36. The molecule has 1 N–H and O–H groups in total. The molecule has 7 nitrogen and oxygen atoms in total. The Kier molecular flexibility index (Phi) is 4.34. The molecule has 1 aromatic heterocycles. The number of non-ortho nitro benzene ring substituents is 1. The number of hydrogen-bond donors (Lipinski definition) is 1. The summed E-state index contributed by atoms with van der Waals surface area (Å²) in [4.78, 5) is 27.6. The predicted molar refractivity (Wildman–Crippen MR) is 98.4 cm³/mol. The first kappa shape index (κ1) is 16.6. The number of oxazole rings is 1. The molecule has 0 bridgehead atoms. The minimum absolute atomic E-state index is 0.0327. The quantitative estimate of drug-likeness (QED) is 0.394. The van der Waals surface area contributed by atoms with Crippen molar-refractivity contribution in [2.45, 2.75) is 23.7 Å². The number of amides is 1. The van der Waals surface area contributed by atoms with Crippen LogP contribution in [0.25, 0.3) is 11.1 Å². The van der Waals surface area contributed by atoms with Crippen molar-refractivity contribution in [2.24, 2.45) is 0 Å². The zero-order valence-corrected chi connectivity index (χ0v) is 14.5. The van der Waals surface area contributed by atoms with Crippen LogP contribution in [-0.4, -0.2) is 21.6 Å². The Morgan fingerprint density at radius 1 is 1.27 bits per heavy atom. The minimum Gasteiger partial charge on any atom is -0.440 e. The monoisotopic (exact) mass is 369 g/mol. The fraction of sp³-hybridized carbons (Fsp3) is 0.222. The van der Waals surface area contributed by atoms with Gasteiger partial charge in [-0.25, -0.2) is 4.98 Å². The summed E-state index contributed by atoms with van der Waals surface area (Å²) >= 11 is 1.32. The Labute approximate surface area is 152 Å². The number of fused-ring (bicyclic) bond motifs is 1. The molecule has 4 rings (SSSR count).